The van der Waals surface area contributed by atoms with E-state index >= 15 is 0 Å². The van der Waals surface area contributed by atoms with Crippen LogP contribution in [0.2, 0.25) is 0 Å². The van der Waals surface area contributed by atoms with Crippen molar-refractivity contribution in [3.8, 4) is 0 Å². The summed E-state index contributed by atoms with van der Waals surface area (Å²) in [4.78, 5) is 21.4. The molecule has 2 aliphatic rings. The summed E-state index contributed by atoms with van der Waals surface area (Å²) in [5.41, 5.74) is 0.277. The lowest BCUT2D eigenvalue weighted by molar-refractivity contribution is -0.138. The molecule has 2 aliphatic heterocycles. The number of nitrogens with one attached hydrogen (secondary N) is 3. The largest absolute Gasteiger partial charge is 0.390 e. The monoisotopic (exact) mass is 468 g/mol. The van der Waals surface area contributed by atoms with Crippen molar-refractivity contribution >= 4 is 23.3 Å². The molecular weight excluding hydrogens is 433 g/mol. The third kappa shape index (κ3) is 7.58. The van der Waals surface area contributed by atoms with E-state index in [1.807, 2.05) is 6.07 Å². The molecule has 3 N–H and O–H groups in total. The van der Waals surface area contributed by atoms with Crippen LogP contribution in [0, 0.1) is 5.41 Å². The van der Waals surface area contributed by atoms with E-state index in [1.54, 1.807) is 18.0 Å². The van der Waals surface area contributed by atoms with Gasteiger partial charge < -0.3 is 20.4 Å². The molecule has 0 aromatic carbocycles. The number of hydrogen-bond acceptors (Lipinski definition) is 6. The lowest BCUT2D eigenvalue weighted by Gasteiger charge is -2.32. The van der Waals surface area contributed by atoms with Crippen LogP contribution in [0.5, 0.6) is 0 Å². The first-order valence-electron chi connectivity index (χ1n) is 11.9. The third-order valence-electron chi connectivity index (χ3n) is 6.43. The molecule has 0 saturated carbocycles. The molecule has 10 heteroatoms. The first kappa shape index (κ1) is 25.3. The maximum Gasteiger partial charge on any atom is 0.390 e. The quantitative estimate of drug-likeness (QED) is 0.530. The third-order valence-corrected chi connectivity index (χ3v) is 6.43. The zero-order chi connectivity index (χ0) is 23.8. The van der Waals surface area contributed by atoms with E-state index in [4.69, 9.17) is 5.41 Å². The van der Waals surface area contributed by atoms with Crippen LogP contribution in [0.25, 0.3) is 0 Å². The smallest absolute Gasteiger partial charge is 0.373 e. The van der Waals surface area contributed by atoms with Crippen LogP contribution in [-0.4, -0.2) is 73.5 Å². The molecule has 0 radical (unpaired) electrons. The minimum absolute atomic E-state index is 0.0133. The summed E-state index contributed by atoms with van der Waals surface area (Å²) in [7, 11) is 1.73. The van der Waals surface area contributed by atoms with Crippen LogP contribution in [0.15, 0.2) is 12.1 Å². The van der Waals surface area contributed by atoms with Gasteiger partial charge in [-0.3, -0.25) is 10.2 Å². The zero-order valence-electron chi connectivity index (χ0n) is 19.3. The number of piperidine rings is 1. The molecule has 3 rings (SSSR count). The highest BCUT2D eigenvalue weighted by atomic mass is 19.4. The van der Waals surface area contributed by atoms with Crippen molar-refractivity contribution in [3.05, 3.63) is 17.7 Å². The Morgan fingerprint density at radius 3 is 2.33 bits per heavy atom. The van der Waals surface area contributed by atoms with Gasteiger partial charge in [0.1, 0.15) is 17.3 Å². The van der Waals surface area contributed by atoms with Gasteiger partial charge in [0.15, 0.2) is 0 Å². The van der Waals surface area contributed by atoms with Gasteiger partial charge in [0.25, 0.3) is 5.91 Å². The molecule has 7 nitrogen and oxygen atoms in total. The van der Waals surface area contributed by atoms with E-state index in [9.17, 15) is 18.0 Å². The molecule has 1 aromatic heterocycles. The van der Waals surface area contributed by atoms with Gasteiger partial charge in [-0.05, 0) is 37.8 Å². The molecular formula is C23H35F3N6O. The number of pyridine rings is 1. The molecule has 184 valence electrons. The van der Waals surface area contributed by atoms with Crippen LogP contribution < -0.4 is 15.5 Å². The second-order valence-electron chi connectivity index (χ2n) is 8.90. The number of nitrogens with zero attached hydrogens (tertiary/aromatic N) is 3. The number of rotatable bonds is 7. The Labute approximate surface area is 193 Å². The number of hydrogen-bond donors (Lipinski definition) is 3. The number of halogens is 3. The first-order chi connectivity index (χ1) is 15.8. The van der Waals surface area contributed by atoms with Crippen LogP contribution in [0.1, 0.15) is 56.9 Å². The molecule has 1 amide bonds. The predicted molar refractivity (Wildman–Crippen MR) is 124 cm³/mol. The number of anilines is 2. The Morgan fingerprint density at radius 2 is 1.73 bits per heavy atom. The van der Waals surface area contributed by atoms with Crippen molar-refractivity contribution in [2.75, 3.05) is 50.0 Å². The predicted octanol–water partition coefficient (Wildman–Crippen LogP) is 3.79. The van der Waals surface area contributed by atoms with Crippen molar-refractivity contribution in [2.24, 2.45) is 0 Å². The lowest BCUT2D eigenvalue weighted by atomic mass is 10.0. The van der Waals surface area contributed by atoms with Crippen LogP contribution >= 0.6 is 0 Å². The fraction of sp³-hybridized carbons (Fsp3) is 0.696. The number of amides is 1. The first-order valence-corrected chi connectivity index (χ1v) is 11.9. The van der Waals surface area contributed by atoms with E-state index in [0.717, 1.165) is 31.7 Å². The van der Waals surface area contributed by atoms with Crippen LogP contribution in [0.4, 0.5) is 24.8 Å². The summed E-state index contributed by atoms with van der Waals surface area (Å²) in [6.07, 6.45) is 2.16. The average Bonchev–Trinajstić information content (AvgIpc) is 2.77. The molecule has 2 fully saturated rings. The van der Waals surface area contributed by atoms with Crippen molar-refractivity contribution in [1.82, 2.24) is 15.2 Å². The minimum Gasteiger partial charge on any atom is -0.373 e. The standard InChI is InChI=1S/C23H35F3N6O/c1-28-21-18(7-8-19(30-21)32-12-5-3-2-4-6-13-32)20(27)22(33)29-17-9-14-31(15-10-17)16-11-23(24,25)26/h7-8,17,27H,2-6,9-16H2,1H3,(H,28,30)(H,29,33). The van der Waals surface area contributed by atoms with Crippen molar-refractivity contribution in [3.63, 3.8) is 0 Å². The molecule has 0 aliphatic carbocycles. The fourth-order valence-corrected chi connectivity index (χ4v) is 4.46. The summed E-state index contributed by atoms with van der Waals surface area (Å²) in [6, 6.07) is 3.50. The Kier molecular flexibility index (Phi) is 8.94. The molecule has 0 spiro atoms. The maximum absolute atomic E-state index is 12.7. The number of carbonyl (C=O) groups is 1. The number of alkyl halides is 3. The van der Waals surface area contributed by atoms with Gasteiger partial charge in [0.2, 0.25) is 0 Å². The minimum atomic E-state index is -4.15. The Balaban J connectivity index is 1.56. The zero-order valence-corrected chi connectivity index (χ0v) is 19.3. The number of likely N-dealkylation sites (tertiary alicyclic amines) is 1. The maximum atomic E-state index is 12.7. The van der Waals surface area contributed by atoms with E-state index in [2.05, 4.69) is 20.5 Å². The average molecular weight is 469 g/mol. The SMILES string of the molecule is CNc1nc(N2CCCCCCC2)ccc1C(=N)C(=O)NC1CCN(CCC(F)(F)F)CC1. The van der Waals surface area contributed by atoms with Crippen LogP contribution in [0.3, 0.4) is 0 Å². The van der Waals surface area contributed by atoms with Gasteiger partial charge in [0, 0.05) is 51.4 Å². The summed E-state index contributed by atoms with van der Waals surface area (Å²) >= 11 is 0. The number of carbonyl (C=O) groups excluding carboxylic acids is 1. The molecule has 33 heavy (non-hydrogen) atoms. The van der Waals surface area contributed by atoms with Gasteiger partial charge in [-0.1, -0.05) is 19.3 Å². The fourth-order valence-electron chi connectivity index (χ4n) is 4.46. The second-order valence-corrected chi connectivity index (χ2v) is 8.90. The van der Waals surface area contributed by atoms with E-state index < -0.39 is 18.5 Å². The summed E-state index contributed by atoms with van der Waals surface area (Å²) in [5, 5.41) is 14.3. The van der Waals surface area contributed by atoms with Crippen LogP contribution in [-0.2, 0) is 4.79 Å². The number of aromatic nitrogens is 1. The van der Waals surface area contributed by atoms with Gasteiger partial charge in [-0.15, -0.1) is 0 Å². The molecule has 3 heterocycles. The Morgan fingerprint density at radius 1 is 1.09 bits per heavy atom. The lowest BCUT2D eigenvalue weighted by Crippen LogP contribution is -2.47. The molecule has 1 aromatic rings. The highest BCUT2D eigenvalue weighted by molar-refractivity contribution is 6.45. The summed E-state index contributed by atoms with van der Waals surface area (Å²) < 4.78 is 37.2. The highest BCUT2D eigenvalue weighted by Crippen LogP contribution is 2.23. The molecule has 0 atom stereocenters. The van der Waals surface area contributed by atoms with E-state index in [-0.39, 0.29) is 18.3 Å². The second kappa shape index (κ2) is 11.7. The van der Waals surface area contributed by atoms with Crippen molar-refractivity contribution < 1.29 is 18.0 Å². The van der Waals surface area contributed by atoms with E-state index in [0.29, 0.717) is 37.3 Å². The molecule has 2 saturated heterocycles. The van der Waals surface area contributed by atoms with Gasteiger partial charge in [-0.25, -0.2) is 4.98 Å². The summed E-state index contributed by atoms with van der Waals surface area (Å²) in [5.74, 6) is 0.863. The normalized spacial score (nSPS) is 19.0. The Hall–Kier alpha value is -2.36. The highest BCUT2D eigenvalue weighted by Gasteiger charge is 2.30. The molecule has 0 unspecified atom stereocenters. The van der Waals surface area contributed by atoms with Crippen molar-refractivity contribution in [1.29, 1.82) is 5.41 Å². The van der Waals surface area contributed by atoms with Gasteiger partial charge in [0.05, 0.1) is 6.42 Å². The van der Waals surface area contributed by atoms with E-state index in [1.165, 1.54) is 19.3 Å². The van der Waals surface area contributed by atoms with Crippen molar-refractivity contribution in [2.45, 2.75) is 63.6 Å². The summed E-state index contributed by atoms with van der Waals surface area (Å²) in [6.45, 7) is 2.90. The van der Waals surface area contributed by atoms with Gasteiger partial charge in [-0.2, -0.15) is 13.2 Å². The molecule has 0 bridgehead atoms. The Bertz CT molecular complexity index is 800. The topological polar surface area (TPSA) is 84.4 Å². The van der Waals surface area contributed by atoms with Gasteiger partial charge >= 0.3 is 6.18 Å².